The number of carbonyl (C=O) groups is 6. The summed E-state index contributed by atoms with van der Waals surface area (Å²) in [5.41, 5.74) is -28.0. The van der Waals surface area contributed by atoms with Gasteiger partial charge in [-0.25, -0.2) is 9.59 Å². The van der Waals surface area contributed by atoms with Crippen LogP contribution in [0.3, 0.4) is 0 Å². The molecule has 6 fully saturated rings. The number of fused-ring (bicyclic) bond motifs is 2. The third-order valence-corrected chi connectivity index (χ3v) is 18.2. The highest BCUT2D eigenvalue weighted by Gasteiger charge is 2.77. The molecule has 0 aromatic carbocycles. The Morgan fingerprint density at radius 2 is 0.906 bits per heavy atom. The summed E-state index contributed by atoms with van der Waals surface area (Å²) in [5, 5.41) is 38.9. The Bertz CT molecular complexity index is 2920. The number of rotatable bonds is 26. The van der Waals surface area contributed by atoms with Gasteiger partial charge in [0.25, 0.3) is 11.2 Å². The second kappa shape index (κ2) is 26.3. The lowest BCUT2D eigenvalue weighted by atomic mass is 9.73. The summed E-state index contributed by atoms with van der Waals surface area (Å²) in [6.45, 7) is 10.9. The molecule has 2 saturated heterocycles. The first-order chi connectivity index (χ1) is 42.7. The first-order valence-electron chi connectivity index (χ1n) is 29.1. The zero-order valence-electron chi connectivity index (χ0n) is 53.3. The van der Waals surface area contributed by atoms with Crippen molar-refractivity contribution in [1.82, 2.24) is 0 Å². The standard InChI is InChI=1S/2C29H37F9O10/c1-13(2)19(39)47-17-14-8-15-18(17)48-21(41)25(15,9-14)20(40)46-16(10-22(3,4)44-11-24(7,42)27(30,31)32)23(5,6)45-12-26(43,28(33,34)35)29(36,37)38;1-12(2)20(39)47-18-13-8-14-17(22(41)48-19(14)18)16(13)21(40)46-15(9-23(3,4)44-10-25(7,42)27(30,31)32)24(5,6)45-11-26(43,28(33,34)35)29(36,37)38/h14-18,42-43H,1,8-12H2,2-7H3;13-19,42-43H,1,8-11H2,2-7H3. The van der Waals surface area contributed by atoms with Gasteiger partial charge in [0.2, 0.25) is 0 Å². The number of alkyl halides is 18. The van der Waals surface area contributed by atoms with Gasteiger partial charge in [0, 0.05) is 47.7 Å². The molecule has 552 valence electrons. The predicted molar refractivity (Wildman–Crippen MR) is 283 cm³/mol. The number of hydrogen-bond acceptors (Lipinski definition) is 20. The van der Waals surface area contributed by atoms with Crippen molar-refractivity contribution in [2.24, 2.45) is 40.9 Å². The SMILES string of the molecule is C=C(C)C(=O)OC1C2CC3C1OC(=O)C3(C(=O)OC(CC(C)(C)OCC(C)(O)C(F)(F)F)C(C)(C)OCC(O)(C(F)(F)F)C(F)(F)F)C2.C=C(C)C(=O)OC1C2CC3C1OC(=O)C3C2C(=O)OC(CC(C)(C)OCC(C)(O)C(F)(F)F)C(C)(C)OCC(O)(C(F)(F)F)C(F)(F)F. The minimum atomic E-state index is -6.28. The lowest BCUT2D eigenvalue weighted by Gasteiger charge is -2.42. The topological polar surface area (TPSA) is 276 Å². The maximum atomic E-state index is 13.8. The average molecular weight is 1430 g/mol. The third-order valence-electron chi connectivity index (χ3n) is 18.2. The molecule has 2 aliphatic heterocycles. The molecule has 0 aromatic heterocycles. The van der Waals surface area contributed by atoms with Gasteiger partial charge in [-0.05, 0) is 102 Å². The van der Waals surface area contributed by atoms with E-state index in [1.54, 1.807) is 0 Å². The Hall–Kier alpha value is -5.28. The van der Waals surface area contributed by atoms with E-state index < -0.39 is 234 Å². The first kappa shape index (κ1) is 81.4. The minimum Gasteiger partial charge on any atom is -0.459 e. The van der Waals surface area contributed by atoms with Gasteiger partial charge in [-0.3, -0.25) is 19.2 Å². The van der Waals surface area contributed by atoms with Crippen molar-refractivity contribution in [2.45, 2.75) is 234 Å². The molecule has 96 heavy (non-hydrogen) atoms. The van der Waals surface area contributed by atoms with Crippen LogP contribution in [-0.4, -0.2) is 201 Å². The molecule has 15 unspecified atom stereocenters. The predicted octanol–water partition coefficient (Wildman–Crippen LogP) is 8.83. The molecule has 6 rings (SSSR count). The highest BCUT2D eigenvalue weighted by Crippen LogP contribution is 2.64. The molecule has 4 aliphatic carbocycles. The maximum Gasteiger partial charge on any atom is 0.428 e. The van der Waals surface area contributed by atoms with Crippen LogP contribution in [0.5, 0.6) is 0 Å². The second-order valence-corrected chi connectivity index (χ2v) is 27.8. The molecule has 0 amide bonds. The van der Waals surface area contributed by atoms with E-state index in [1.807, 2.05) is 0 Å². The van der Waals surface area contributed by atoms with E-state index in [0.717, 1.165) is 55.4 Å². The Morgan fingerprint density at radius 1 is 0.521 bits per heavy atom. The second-order valence-electron chi connectivity index (χ2n) is 27.8. The van der Waals surface area contributed by atoms with Gasteiger partial charge in [0.05, 0.1) is 60.7 Å². The number of carbonyl (C=O) groups excluding carboxylic acids is 6. The van der Waals surface area contributed by atoms with Gasteiger partial charge in [-0.15, -0.1) is 0 Å². The van der Waals surface area contributed by atoms with Crippen molar-refractivity contribution in [2.75, 3.05) is 26.4 Å². The summed E-state index contributed by atoms with van der Waals surface area (Å²) in [7, 11) is 0. The van der Waals surface area contributed by atoms with Crippen LogP contribution in [0.15, 0.2) is 24.3 Å². The molecule has 0 spiro atoms. The Morgan fingerprint density at radius 3 is 1.28 bits per heavy atom. The van der Waals surface area contributed by atoms with Crippen molar-refractivity contribution in [1.29, 1.82) is 0 Å². The number of hydrogen-bond donors (Lipinski definition) is 4. The van der Waals surface area contributed by atoms with Crippen LogP contribution in [0.2, 0.25) is 0 Å². The Labute approximate surface area is 535 Å². The van der Waals surface area contributed by atoms with Gasteiger partial charge in [-0.1, -0.05) is 13.2 Å². The van der Waals surface area contributed by atoms with Crippen LogP contribution < -0.4 is 0 Å². The summed E-state index contributed by atoms with van der Waals surface area (Å²) < 4.78 is 293. The van der Waals surface area contributed by atoms with E-state index in [1.165, 1.54) is 13.8 Å². The van der Waals surface area contributed by atoms with E-state index >= 15 is 0 Å². The molecule has 4 saturated carbocycles. The number of halogens is 18. The van der Waals surface area contributed by atoms with Crippen molar-refractivity contribution >= 4 is 35.8 Å². The van der Waals surface area contributed by atoms with E-state index in [4.69, 9.17) is 47.4 Å². The summed E-state index contributed by atoms with van der Waals surface area (Å²) in [6, 6.07) is 0. The molecule has 2 heterocycles. The van der Waals surface area contributed by atoms with Gasteiger partial charge >= 0.3 is 72.9 Å². The molecule has 4 N–H and O–H groups in total. The zero-order valence-corrected chi connectivity index (χ0v) is 53.3. The molecule has 4 bridgehead atoms. The summed E-state index contributed by atoms with van der Waals surface area (Å²) in [4.78, 5) is 77.9. The monoisotopic (exact) mass is 1430 g/mol. The van der Waals surface area contributed by atoms with Crippen LogP contribution in [0.25, 0.3) is 0 Å². The fourth-order valence-corrected chi connectivity index (χ4v) is 11.9. The Kier molecular flexibility index (Phi) is 22.3. The molecule has 20 nitrogen and oxygen atoms in total. The summed E-state index contributed by atoms with van der Waals surface area (Å²) >= 11 is 0. The van der Waals surface area contributed by atoms with Crippen molar-refractivity contribution < 1.29 is 176 Å². The normalized spacial score (nSPS) is 28.1. The van der Waals surface area contributed by atoms with Crippen LogP contribution >= 0.6 is 0 Å². The number of aliphatic hydroxyl groups is 4. The molecular weight excluding hydrogens is 1360 g/mol. The van der Waals surface area contributed by atoms with Crippen LogP contribution in [0.4, 0.5) is 79.0 Å². The van der Waals surface area contributed by atoms with Gasteiger partial charge in [0.1, 0.15) is 36.6 Å². The van der Waals surface area contributed by atoms with E-state index in [9.17, 15) is 128 Å². The molecular formula is C58H74F18O20. The van der Waals surface area contributed by atoms with Crippen molar-refractivity contribution in [3.8, 4) is 0 Å². The lowest BCUT2D eigenvalue weighted by molar-refractivity contribution is -0.384. The fourth-order valence-electron chi connectivity index (χ4n) is 11.9. The summed E-state index contributed by atoms with van der Waals surface area (Å²) in [6.07, 6.45) is -44.9. The van der Waals surface area contributed by atoms with Crippen molar-refractivity contribution in [3.63, 3.8) is 0 Å². The molecule has 0 radical (unpaired) electrons. The van der Waals surface area contributed by atoms with E-state index in [0.29, 0.717) is 13.8 Å². The van der Waals surface area contributed by atoms with Gasteiger partial charge in [-0.2, -0.15) is 79.0 Å². The van der Waals surface area contributed by atoms with Gasteiger partial charge in [0.15, 0.2) is 16.6 Å². The fraction of sp³-hybridized carbons (Fsp3) is 0.828. The quantitative estimate of drug-likeness (QED) is 0.0207. The molecule has 15 atom stereocenters. The smallest absolute Gasteiger partial charge is 0.428 e. The highest BCUT2D eigenvalue weighted by molar-refractivity contribution is 6.03. The Balaban J connectivity index is 0.000000347. The molecule has 38 heteroatoms. The summed E-state index contributed by atoms with van der Waals surface area (Å²) in [5.74, 6) is -11.6. The van der Waals surface area contributed by atoms with Crippen LogP contribution in [0, 0.1) is 40.9 Å². The number of ether oxygens (including phenoxy) is 10. The minimum absolute atomic E-state index is 0.0128. The largest absolute Gasteiger partial charge is 0.459 e. The van der Waals surface area contributed by atoms with Crippen molar-refractivity contribution in [3.05, 3.63) is 24.3 Å². The molecule has 0 aromatic rings. The highest BCUT2D eigenvalue weighted by atomic mass is 19.4. The van der Waals surface area contributed by atoms with E-state index in [-0.39, 0.29) is 30.4 Å². The van der Waals surface area contributed by atoms with E-state index in [2.05, 4.69) is 13.2 Å². The molecule has 6 aliphatic rings. The van der Waals surface area contributed by atoms with Gasteiger partial charge < -0.3 is 67.8 Å². The lowest BCUT2D eigenvalue weighted by Crippen LogP contribution is -2.62. The third kappa shape index (κ3) is 16.1. The maximum absolute atomic E-state index is 13.8. The first-order valence-corrected chi connectivity index (χ1v) is 29.1. The van der Waals surface area contributed by atoms with Crippen LogP contribution in [-0.2, 0) is 76.1 Å². The number of esters is 6. The van der Waals surface area contributed by atoms with Crippen LogP contribution in [0.1, 0.15) is 115 Å². The zero-order chi connectivity index (χ0) is 74.5. The average Bonchev–Trinajstić information content (AvgIpc) is 1.54.